The quantitative estimate of drug-likeness (QED) is 0.247. The molecule has 0 aliphatic heterocycles. The largest absolute Gasteiger partial charge is 0.512 e. The Morgan fingerprint density at radius 2 is 0.885 bits per heavy atom. The van der Waals surface area contributed by atoms with Crippen molar-refractivity contribution in [1.82, 2.24) is 0 Å². The first-order chi connectivity index (χ1) is 11.9. The normalized spacial score (nSPS) is 15.0. The molecule has 0 heterocycles. The van der Waals surface area contributed by atoms with Crippen LogP contribution in [-0.4, -0.2) is 43.3 Å². The molecule has 0 saturated carbocycles. The first-order valence-electron chi connectivity index (χ1n) is 7.83. The SMILES string of the molecule is C=C(C)C(=O)OC(C)OC(C)OC(=O)OC(C)OC(C)OC(=O)C(=C)C. The van der Waals surface area contributed by atoms with Crippen molar-refractivity contribution in [3.05, 3.63) is 24.3 Å². The summed E-state index contributed by atoms with van der Waals surface area (Å²) in [5.74, 6) is -1.26. The Morgan fingerprint density at radius 3 is 1.15 bits per heavy atom. The predicted molar refractivity (Wildman–Crippen MR) is 89.4 cm³/mol. The lowest BCUT2D eigenvalue weighted by Gasteiger charge is -2.22. The molecule has 9 heteroatoms. The Kier molecular flexibility index (Phi) is 10.2. The van der Waals surface area contributed by atoms with Gasteiger partial charge in [0.2, 0.25) is 25.2 Å². The second kappa shape index (κ2) is 11.3. The minimum Gasteiger partial charge on any atom is -0.433 e. The van der Waals surface area contributed by atoms with Gasteiger partial charge in [-0.05, 0) is 41.5 Å². The Bertz CT molecular complexity index is 494. The molecule has 0 fully saturated rings. The molecule has 0 amide bonds. The van der Waals surface area contributed by atoms with Crippen molar-refractivity contribution in [3.63, 3.8) is 0 Å². The minimum absolute atomic E-state index is 0.209. The lowest BCUT2D eigenvalue weighted by Crippen LogP contribution is -2.30. The standard InChI is InChI=1S/C17H26O9/c1-9(2)15(18)23-11(5)21-13(7)25-17(20)26-14(8)22-12(6)24-16(19)10(3)4/h11-14H,1,3H2,2,4-8H3. The number of ether oxygens (including phenoxy) is 6. The van der Waals surface area contributed by atoms with Gasteiger partial charge in [0.15, 0.2) is 0 Å². The summed E-state index contributed by atoms with van der Waals surface area (Å²) in [6, 6.07) is 0. The van der Waals surface area contributed by atoms with Crippen molar-refractivity contribution in [2.75, 3.05) is 0 Å². The Balaban J connectivity index is 4.22. The zero-order valence-corrected chi connectivity index (χ0v) is 15.9. The zero-order valence-electron chi connectivity index (χ0n) is 15.9. The Labute approximate surface area is 152 Å². The molecule has 0 aliphatic rings. The number of rotatable bonds is 10. The molecule has 0 rings (SSSR count). The van der Waals surface area contributed by atoms with Crippen LogP contribution < -0.4 is 0 Å². The van der Waals surface area contributed by atoms with E-state index in [4.69, 9.17) is 28.4 Å². The van der Waals surface area contributed by atoms with Crippen LogP contribution in [0.5, 0.6) is 0 Å². The Hall–Kier alpha value is -2.39. The van der Waals surface area contributed by atoms with Gasteiger partial charge in [0.05, 0.1) is 0 Å². The number of esters is 2. The van der Waals surface area contributed by atoms with E-state index in [2.05, 4.69) is 13.2 Å². The van der Waals surface area contributed by atoms with Crippen molar-refractivity contribution in [2.24, 2.45) is 0 Å². The van der Waals surface area contributed by atoms with E-state index < -0.39 is 43.3 Å². The van der Waals surface area contributed by atoms with Gasteiger partial charge in [-0.3, -0.25) is 0 Å². The molecular weight excluding hydrogens is 348 g/mol. The van der Waals surface area contributed by atoms with Crippen LogP contribution >= 0.6 is 0 Å². The Morgan fingerprint density at radius 1 is 0.615 bits per heavy atom. The van der Waals surface area contributed by atoms with Gasteiger partial charge in [-0.2, -0.15) is 0 Å². The van der Waals surface area contributed by atoms with Crippen LogP contribution in [0.2, 0.25) is 0 Å². The maximum Gasteiger partial charge on any atom is 0.512 e. The molecular formula is C17H26O9. The molecule has 0 bridgehead atoms. The molecule has 0 N–H and O–H groups in total. The first-order valence-corrected chi connectivity index (χ1v) is 7.83. The molecule has 0 spiro atoms. The third kappa shape index (κ3) is 10.5. The van der Waals surface area contributed by atoms with E-state index >= 15 is 0 Å². The topological polar surface area (TPSA) is 107 Å². The molecule has 0 aromatic heterocycles. The van der Waals surface area contributed by atoms with E-state index in [-0.39, 0.29) is 11.1 Å². The van der Waals surface area contributed by atoms with Crippen LogP contribution in [0, 0.1) is 0 Å². The molecule has 0 aliphatic carbocycles. The molecule has 0 saturated heterocycles. The lowest BCUT2D eigenvalue weighted by molar-refractivity contribution is -0.234. The van der Waals surface area contributed by atoms with Crippen LogP contribution in [0.4, 0.5) is 4.79 Å². The second-order valence-corrected chi connectivity index (χ2v) is 5.40. The highest BCUT2D eigenvalue weighted by atomic mass is 16.9. The monoisotopic (exact) mass is 374 g/mol. The maximum absolute atomic E-state index is 11.6. The first kappa shape index (κ1) is 23.6. The van der Waals surface area contributed by atoms with Crippen molar-refractivity contribution >= 4 is 18.1 Å². The van der Waals surface area contributed by atoms with Gasteiger partial charge < -0.3 is 28.4 Å². The summed E-state index contributed by atoms with van der Waals surface area (Å²) in [5.41, 5.74) is 0.418. The molecule has 0 radical (unpaired) electrons. The molecule has 4 unspecified atom stereocenters. The molecule has 0 aromatic carbocycles. The summed E-state index contributed by atoms with van der Waals surface area (Å²) >= 11 is 0. The fourth-order valence-electron chi connectivity index (χ4n) is 1.45. The van der Waals surface area contributed by atoms with Crippen LogP contribution in [0.15, 0.2) is 24.3 Å². The predicted octanol–water partition coefficient (Wildman–Crippen LogP) is 2.80. The summed E-state index contributed by atoms with van der Waals surface area (Å²) < 4.78 is 29.7. The van der Waals surface area contributed by atoms with Crippen molar-refractivity contribution in [2.45, 2.75) is 66.7 Å². The van der Waals surface area contributed by atoms with E-state index in [1.807, 2.05) is 0 Å². The van der Waals surface area contributed by atoms with E-state index in [1.54, 1.807) is 0 Å². The molecule has 9 nitrogen and oxygen atoms in total. The number of hydrogen-bond acceptors (Lipinski definition) is 9. The second-order valence-electron chi connectivity index (χ2n) is 5.40. The summed E-state index contributed by atoms with van der Waals surface area (Å²) in [7, 11) is 0. The average molecular weight is 374 g/mol. The van der Waals surface area contributed by atoms with Gasteiger partial charge in [0.25, 0.3) is 0 Å². The van der Waals surface area contributed by atoms with Gasteiger partial charge in [0, 0.05) is 11.1 Å². The third-order valence-electron chi connectivity index (χ3n) is 2.53. The average Bonchev–Trinajstić information content (AvgIpc) is 2.45. The highest BCUT2D eigenvalue weighted by molar-refractivity contribution is 5.87. The smallest absolute Gasteiger partial charge is 0.433 e. The summed E-state index contributed by atoms with van der Waals surface area (Å²) in [6.45, 7) is 15.6. The fourth-order valence-corrected chi connectivity index (χ4v) is 1.45. The third-order valence-corrected chi connectivity index (χ3v) is 2.53. The summed E-state index contributed by atoms with van der Waals surface area (Å²) in [5, 5.41) is 0. The fraction of sp³-hybridized carbons (Fsp3) is 0.588. The zero-order chi connectivity index (χ0) is 20.4. The van der Waals surface area contributed by atoms with Gasteiger partial charge >= 0.3 is 18.1 Å². The summed E-state index contributed by atoms with van der Waals surface area (Å²) in [6.07, 6.45) is -5.11. The van der Waals surface area contributed by atoms with Crippen LogP contribution in [0.3, 0.4) is 0 Å². The highest BCUT2D eigenvalue weighted by Gasteiger charge is 2.21. The highest BCUT2D eigenvalue weighted by Crippen LogP contribution is 2.09. The molecule has 26 heavy (non-hydrogen) atoms. The molecule has 4 atom stereocenters. The maximum atomic E-state index is 11.6. The van der Waals surface area contributed by atoms with E-state index in [0.29, 0.717) is 0 Å². The van der Waals surface area contributed by atoms with Gasteiger partial charge in [0.1, 0.15) is 0 Å². The lowest BCUT2D eigenvalue weighted by atomic mass is 10.4. The van der Waals surface area contributed by atoms with Gasteiger partial charge in [-0.25, -0.2) is 14.4 Å². The van der Waals surface area contributed by atoms with Crippen molar-refractivity contribution in [3.8, 4) is 0 Å². The minimum atomic E-state index is -1.08. The van der Waals surface area contributed by atoms with E-state index in [1.165, 1.54) is 41.5 Å². The van der Waals surface area contributed by atoms with Crippen LogP contribution in [-0.2, 0) is 38.0 Å². The number of carbonyl (C=O) groups excluding carboxylic acids is 3. The number of carbonyl (C=O) groups is 3. The number of hydrogen-bond donors (Lipinski definition) is 0. The van der Waals surface area contributed by atoms with E-state index in [0.717, 1.165) is 0 Å². The summed E-state index contributed by atoms with van der Waals surface area (Å²) in [4.78, 5) is 34.3. The van der Waals surface area contributed by atoms with Crippen molar-refractivity contribution in [1.29, 1.82) is 0 Å². The molecule has 148 valence electrons. The van der Waals surface area contributed by atoms with Crippen LogP contribution in [0.1, 0.15) is 41.5 Å². The van der Waals surface area contributed by atoms with Gasteiger partial charge in [-0.1, -0.05) is 13.2 Å². The molecule has 0 aromatic rings. The van der Waals surface area contributed by atoms with E-state index in [9.17, 15) is 14.4 Å². The van der Waals surface area contributed by atoms with Crippen molar-refractivity contribution < 1.29 is 42.8 Å². The van der Waals surface area contributed by atoms with Gasteiger partial charge in [-0.15, -0.1) is 0 Å². The van der Waals surface area contributed by atoms with Crippen LogP contribution in [0.25, 0.3) is 0 Å².